The summed E-state index contributed by atoms with van der Waals surface area (Å²) in [5.41, 5.74) is 0.592. The molecule has 16 heavy (non-hydrogen) atoms. The molecule has 0 atom stereocenters. The van der Waals surface area contributed by atoms with Crippen molar-refractivity contribution in [2.24, 2.45) is 0 Å². The Morgan fingerprint density at radius 2 is 2.25 bits per heavy atom. The van der Waals surface area contributed by atoms with Gasteiger partial charge in [0, 0.05) is 24.9 Å². The van der Waals surface area contributed by atoms with E-state index < -0.39 is 5.54 Å². The highest BCUT2D eigenvalue weighted by Gasteiger charge is 2.32. The minimum absolute atomic E-state index is 0.207. The molecule has 0 fully saturated rings. The Labute approximate surface area is 96.6 Å². The summed E-state index contributed by atoms with van der Waals surface area (Å²) >= 11 is 0. The Hall–Kier alpha value is -1.29. The Bertz CT molecular complexity index is 331. The number of nitrogens with one attached hydrogen (secondary N) is 1. The van der Waals surface area contributed by atoms with Gasteiger partial charge in [0.2, 0.25) is 0 Å². The molecule has 0 saturated heterocycles. The summed E-state index contributed by atoms with van der Waals surface area (Å²) in [6.07, 6.45) is 2.80. The van der Waals surface area contributed by atoms with Crippen LogP contribution in [-0.4, -0.2) is 42.1 Å². The van der Waals surface area contributed by atoms with E-state index in [2.05, 4.69) is 4.98 Å². The second kappa shape index (κ2) is 5.16. The number of nitrogens with zero attached hydrogens (tertiary/aromatic N) is 1. The van der Waals surface area contributed by atoms with Crippen molar-refractivity contribution in [2.75, 3.05) is 20.7 Å². The van der Waals surface area contributed by atoms with Crippen LogP contribution >= 0.6 is 0 Å². The zero-order valence-corrected chi connectivity index (χ0v) is 10.4. The first-order valence-corrected chi connectivity index (χ1v) is 5.40. The standard InChI is InChI=1S/C12H20N2O2/c1-12(2,11(15)16-4)14(3)9-7-10-6-5-8-13-10/h5-6,8,13H,7,9H2,1-4H3. The highest BCUT2D eigenvalue weighted by molar-refractivity contribution is 5.79. The molecule has 0 amide bonds. The van der Waals surface area contributed by atoms with E-state index in [-0.39, 0.29) is 5.97 Å². The smallest absolute Gasteiger partial charge is 0.325 e. The maximum atomic E-state index is 11.6. The second-order valence-electron chi connectivity index (χ2n) is 4.42. The Morgan fingerprint density at radius 1 is 1.56 bits per heavy atom. The maximum Gasteiger partial charge on any atom is 0.325 e. The van der Waals surface area contributed by atoms with Crippen molar-refractivity contribution in [2.45, 2.75) is 25.8 Å². The number of carbonyl (C=O) groups excluding carboxylic acids is 1. The number of methoxy groups -OCH3 is 1. The topological polar surface area (TPSA) is 45.3 Å². The number of carbonyl (C=O) groups is 1. The summed E-state index contributed by atoms with van der Waals surface area (Å²) in [6, 6.07) is 4.01. The van der Waals surface area contributed by atoms with Gasteiger partial charge in [0.15, 0.2) is 0 Å². The maximum absolute atomic E-state index is 11.6. The van der Waals surface area contributed by atoms with E-state index >= 15 is 0 Å². The van der Waals surface area contributed by atoms with Gasteiger partial charge in [-0.15, -0.1) is 0 Å². The predicted molar refractivity (Wildman–Crippen MR) is 63.2 cm³/mol. The number of hydrogen-bond acceptors (Lipinski definition) is 3. The van der Waals surface area contributed by atoms with Gasteiger partial charge < -0.3 is 9.72 Å². The van der Waals surface area contributed by atoms with Gasteiger partial charge in [0.1, 0.15) is 5.54 Å². The lowest BCUT2D eigenvalue weighted by Gasteiger charge is -2.32. The summed E-state index contributed by atoms with van der Waals surface area (Å²) in [5, 5.41) is 0. The molecule has 0 radical (unpaired) electrons. The molecule has 0 bridgehead atoms. The molecular formula is C12H20N2O2. The minimum atomic E-state index is -0.582. The summed E-state index contributed by atoms with van der Waals surface area (Å²) in [7, 11) is 3.35. The third kappa shape index (κ3) is 2.85. The van der Waals surface area contributed by atoms with Gasteiger partial charge in [0.05, 0.1) is 7.11 Å². The number of rotatable bonds is 5. The first kappa shape index (κ1) is 12.8. The lowest BCUT2D eigenvalue weighted by Crippen LogP contribution is -2.49. The van der Waals surface area contributed by atoms with E-state index in [1.54, 1.807) is 0 Å². The van der Waals surface area contributed by atoms with E-state index in [0.717, 1.165) is 13.0 Å². The van der Waals surface area contributed by atoms with Gasteiger partial charge in [-0.1, -0.05) is 0 Å². The fraction of sp³-hybridized carbons (Fsp3) is 0.583. The lowest BCUT2D eigenvalue weighted by atomic mass is 10.0. The van der Waals surface area contributed by atoms with Gasteiger partial charge in [-0.2, -0.15) is 0 Å². The molecule has 1 aromatic rings. The zero-order valence-electron chi connectivity index (χ0n) is 10.4. The van der Waals surface area contributed by atoms with Crippen molar-refractivity contribution in [3.8, 4) is 0 Å². The average Bonchev–Trinajstić information content (AvgIpc) is 2.77. The van der Waals surface area contributed by atoms with Gasteiger partial charge in [-0.05, 0) is 33.0 Å². The van der Waals surface area contributed by atoms with Gasteiger partial charge >= 0.3 is 5.97 Å². The van der Waals surface area contributed by atoms with Crippen molar-refractivity contribution < 1.29 is 9.53 Å². The third-order valence-corrected chi connectivity index (χ3v) is 3.02. The number of H-pyrrole nitrogens is 1. The molecule has 0 spiro atoms. The molecule has 4 heteroatoms. The van der Waals surface area contributed by atoms with Crippen LogP contribution in [0, 0.1) is 0 Å². The largest absolute Gasteiger partial charge is 0.468 e. The Morgan fingerprint density at radius 3 is 2.75 bits per heavy atom. The molecule has 4 nitrogen and oxygen atoms in total. The van der Waals surface area contributed by atoms with E-state index in [4.69, 9.17) is 4.74 Å². The number of esters is 1. The van der Waals surface area contributed by atoms with Crippen LogP contribution in [0.1, 0.15) is 19.5 Å². The van der Waals surface area contributed by atoms with E-state index in [9.17, 15) is 4.79 Å². The van der Waals surface area contributed by atoms with Crippen LogP contribution < -0.4 is 0 Å². The van der Waals surface area contributed by atoms with Crippen LogP contribution in [0.25, 0.3) is 0 Å². The number of ether oxygens (including phenoxy) is 1. The lowest BCUT2D eigenvalue weighted by molar-refractivity contribution is -0.152. The Kier molecular flexibility index (Phi) is 4.12. The van der Waals surface area contributed by atoms with Crippen molar-refractivity contribution in [1.29, 1.82) is 0 Å². The highest BCUT2D eigenvalue weighted by Crippen LogP contribution is 2.14. The van der Waals surface area contributed by atoms with Crippen molar-refractivity contribution >= 4 is 5.97 Å². The Balaban J connectivity index is 2.51. The number of aromatic amines is 1. The van der Waals surface area contributed by atoms with Gasteiger partial charge in [-0.25, -0.2) is 0 Å². The highest BCUT2D eigenvalue weighted by atomic mass is 16.5. The molecular weight excluding hydrogens is 204 g/mol. The molecule has 0 unspecified atom stereocenters. The van der Waals surface area contributed by atoms with Gasteiger partial charge in [-0.3, -0.25) is 9.69 Å². The van der Waals surface area contributed by atoms with Crippen molar-refractivity contribution in [3.05, 3.63) is 24.0 Å². The third-order valence-electron chi connectivity index (χ3n) is 3.02. The number of aromatic nitrogens is 1. The molecule has 0 aromatic carbocycles. The van der Waals surface area contributed by atoms with E-state index in [1.165, 1.54) is 12.8 Å². The van der Waals surface area contributed by atoms with Crippen LogP contribution in [0.5, 0.6) is 0 Å². The quantitative estimate of drug-likeness (QED) is 0.770. The van der Waals surface area contributed by atoms with Crippen LogP contribution in [-0.2, 0) is 16.0 Å². The predicted octanol–water partition coefficient (Wildman–Crippen LogP) is 1.44. The molecule has 0 aliphatic carbocycles. The molecule has 1 rings (SSSR count). The van der Waals surface area contributed by atoms with E-state index in [1.807, 2.05) is 44.1 Å². The molecule has 0 aliphatic rings. The number of likely N-dealkylation sites (N-methyl/N-ethyl adjacent to an activating group) is 1. The summed E-state index contributed by atoms with van der Waals surface area (Å²) in [4.78, 5) is 16.7. The normalized spacial score (nSPS) is 11.8. The molecule has 0 saturated carbocycles. The molecule has 0 aliphatic heterocycles. The van der Waals surface area contributed by atoms with Crippen LogP contribution in [0.2, 0.25) is 0 Å². The first-order chi connectivity index (χ1) is 7.48. The fourth-order valence-corrected chi connectivity index (χ4v) is 1.50. The van der Waals surface area contributed by atoms with Gasteiger partial charge in [0.25, 0.3) is 0 Å². The zero-order chi connectivity index (χ0) is 12.2. The van der Waals surface area contributed by atoms with Crippen LogP contribution in [0.4, 0.5) is 0 Å². The molecule has 1 heterocycles. The average molecular weight is 224 g/mol. The molecule has 1 N–H and O–H groups in total. The van der Waals surface area contributed by atoms with Crippen molar-refractivity contribution in [1.82, 2.24) is 9.88 Å². The SMILES string of the molecule is COC(=O)C(C)(C)N(C)CCc1ccc[nH]1. The minimum Gasteiger partial charge on any atom is -0.468 e. The second-order valence-corrected chi connectivity index (χ2v) is 4.42. The van der Waals surface area contributed by atoms with Crippen LogP contribution in [0.3, 0.4) is 0 Å². The summed E-state index contributed by atoms with van der Waals surface area (Å²) in [5.74, 6) is -0.207. The summed E-state index contributed by atoms with van der Waals surface area (Å²) < 4.78 is 4.78. The first-order valence-electron chi connectivity index (χ1n) is 5.40. The summed E-state index contributed by atoms with van der Waals surface area (Å²) in [6.45, 7) is 4.55. The number of hydrogen-bond donors (Lipinski definition) is 1. The van der Waals surface area contributed by atoms with Crippen molar-refractivity contribution in [3.63, 3.8) is 0 Å². The molecule has 90 valence electrons. The fourth-order valence-electron chi connectivity index (χ4n) is 1.50. The monoisotopic (exact) mass is 224 g/mol. The van der Waals surface area contributed by atoms with E-state index in [0.29, 0.717) is 0 Å². The molecule has 1 aromatic heterocycles. The van der Waals surface area contributed by atoms with Crippen LogP contribution in [0.15, 0.2) is 18.3 Å².